The molecule has 2 atom stereocenters. The zero-order chi connectivity index (χ0) is 12.0. The molecule has 1 aromatic heterocycles. The topological polar surface area (TPSA) is 21.3 Å². The van der Waals surface area contributed by atoms with E-state index in [0.717, 1.165) is 19.6 Å². The van der Waals surface area contributed by atoms with Gasteiger partial charge in [0.1, 0.15) is 0 Å². The van der Waals surface area contributed by atoms with Gasteiger partial charge in [0, 0.05) is 11.5 Å². The normalized spacial score (nSPS) is 15.0. The highest BCUT2D eigenvalue weighted by molar-refractivity contribution is 7.10. The Morgan fingerprint density at radius 1 is 1.44 bits per heavy atom. The van der Waals surface area contributed by atoms with Gasteiger partial charge in [-0.15, -0.1) is 11.3 Å². The average Bonchev–Trinajstić information content (AvgIpc) is 2.66. The van der Waals surface area contributed by atoms with E-state index in [0.29, 0.717) is 6.04 Å². The van der Waals surface area contributed by atoms with E-state index < -0.39 is 0 Å². The van der Waals surface area contributed by atoms with E-state index >= 15 is 0 Å². The minimum absolute atomic E-state index is 0.230. The van der Waals surface area contributed by atoms with Gasteiger partial charge in [0.25, 0.3) is 0 Å². The molecule has 0 bridgehead atoms. The Bertz CT molecular complexity index is 298. The number of ether oxygens (including phenoxy) is 1. The number of rotatable bonds is 7. The molecule has 1 rings (SSSR count). The molecule has 0 aliphatic heterocycles. The second-order valence-corrected chi connectivity index (χ2v) is 5.01. The smallest absolute Gasteiger partial charge is 0.0749 e. The first kappa shape index (κ1) is 13.7. The molecule has 0 fully saturated rings. The van der Waals surface area contributed by atoms with Crippen LogP contribution in [0, 0.1) is 6.92 Å². The molecule has 0 saturated carbocycles. The van der Waals surface area contributed by atoms with Crippen molar-refractivity contribution in [3.8, 4) is 0 Å². The number of thiophene rings is 1. The van der Waals surface area contributed by atoms with Crippen LogP contribution < -0.4 is 5.32 Å². The van der Waals surface area contributed by atoms with Crippen LogP contribution in [-0.4, -0.2) is 19.3 Å². The van der Waals surface area contributed by atoms with Crippen molar-refractivity contribution in [2.45, 2.75) is 46.3 Å². The lowest BCUT2D eigenvalue weighted by atomic mass is 10.1. The number of hydrogen-bond donors (Lipinski definition) is 1. The summed E-state index contributed by atoms with van der Waals surface area (Å²) in [6.07, 6.45) is 1.38. The van der Waals surface area contributed by atoms with E-state index in [4.69, 9.17) is 4.74 Å². The minimum atomic E-state index is 0.230. The van der Waals surface area contributed by atoms with Crippen molar-refractivity contribution in [3.05, 3.63) is 21.9 Å². The van der Waals surface area contributed by atoms with Crippen molar-refractivity contribution >= 4 is 11.3 Å². The molecule has 2 nitrogen and oxygen atoms in total. The quantitative estimate of drug-likeness (QED) is 0.788. The summed E-state index contributed by atoms with van der Waals surface area (Å²) in [5.74, 6) is 0. The van der Waals surface area contributed by atoms with Gasteiger partial charge in [-0.2, -0.15) is 0 Å². The molecule has 3 heteroatoms. The summed E-state index contributed by atoms with van der Waals surface area (Å²) < 4.78 is 5.72. The van der Waals surface area contributed by atoms with Crippen LogP contribution in [0.4, 0.5) is 0 Å². The molecule has 0 aliphatic carbocycles. The highest BCUT2D eigenvalue weighted by Crippen LogP contribution is 2.27. The van der Waals surface area contributed by atoms with Crippen LogP contribution in [0.15, 0.2) is 11.4 Å². The second kappa shape index (κ2) is 7.05. The number of nitrogens with one attached hydrogen (secondary N) is 1. The van der Waals surface area contributed by atoms with E-state index in [1.165, 1.54) is 10.4 Å². The Balaban J connectivity index is 2.74. The fourth-order valence-corrected chi connectivity index (χ4v) is 2.93. The third kappa shape index (κ3) is 3.58. The summed E-state index contributed by atoms with van der Waals surface area (Å²) in [6, 6.07) is 2.51. The average molecular weight is 241 g/mol. The summed E-state index contributed by atoms with van der Waals surface area (Å²) in [6.45, 7) is 10.4. The summed E-state index contributed by atoms with van der Waals surface area (Å²) in [5, 5.41) is 5.74. The molecule has 1 aromatic rings. The van der Waals surface area contributed by atoms with Crippen molar-refractivity contribution in [3.63, 3.8) is 0 Å². The third-order valence-corrected chi connectivity index (χ3v) is 3.80. The zero-order valence-electron chi connectivity index (χ0n) is 10.7. The van der Waals surface area contributed by atoms with E-state index in [2.05, 4.69) is 44.5 Å². The first-order chi connectivity index (χ1) is 7.70. The molecule has 0 saturated heterocycles. The van der Waals surface area contributed by atoms with Gasteiger partial charge in [-0.3, -0.25) is 0 Å². The minimum Gasteiger partial charge on any atom is -0.377 e. The van der Waals surface area contributed by atoms with E-state index in [1.54, 1.807) is 0 Å². The van der Waals surface area contributed by atoms with Crippen molar-refractivity contribution in [1.82, 2.24) is 5.32 Å². The van der Waals surface area contributed by atoms with Crippen LogP contribution in [0.2, 0.25) is 0 Å². The van der Waals surface area contributed by atoms with E-state index in [-0.39, 0.29) is 6.10 Å². The van der Waals surface area contributed by atoms with Gasteiger partial charge in [0.05, 0.1) is 12.1 Å². The monoisotopic (exact) mass is 241 g/mol. The van der Waals surface area contributed by atoms with Gasteiger partial charge in [0.15, 0.2) is 0 Å². The van der Waals surface area contributed by atoms with Gasteiger partial charge in [-0.25, -0.2) is 0 Å². The molecule has 0 aliphatic rings. The molecular formula is C13H23NOS. The summed E-state index contributed by atoms with van der Waals surface area (Å²) in [7, 11) is 0. The fraction of sp³-hybridized carbons (Fsp3) is 0.692. The van der Waals surface area contributed by atoms with Crippen LogP contribution in [0.1, 0.15) is 43.7 Å². The lowest BCUT2D eigenvalue weighted by molar-refractivity contribution is 0.0480. The van der Waals surface area contributed by atoms with E-state index in [1.807, 2.05) is 11.3 Å². The highest BCUT2D eigenvalue weighted by atomic mass is 32.1. The SMILES string of the molecule is CCCNC(c1sccc1C)C(C)OCC. The van der Waals surface area contributed by atoms with Crippen LogP contribution >= 0.6 is 11.3 Å². The Hall–Kier alpha value is -0.380. The summed E-state index contributed by atoms with van der Waals surface area (Å²) >= 11 is 1.82. The van der Waals surface area contributed by atoms with Crippen molar-refractivity contribution in [2.24, 2.45) is 0 Å². The van der Waals surface area contributed by atoms with Crippen molar-refractivity contribution in [2.75, 3.05) is 13.2 Å². The molecule has 0 spiro atoms. The summed E-state index contributed by atoms with van der Waals surface area (Å²) in [5.41, 5.74) is 1.37. The Morgan fingerprint density at radius 2 is 2.19 bits per heavy atom. The Labute approximate surface area is 103 Å². The first-order valence-electron chi connectivity index (χ1n) is 6.09. The third-order valence-electron chi connectivity index (χ3n) is 2.70. The largest absolute Gasteiger partial charge is 0.377 e. The van der Waals surface area contributed by atoms with Crippen molar-refractivity contribution < 1.29 is 4.74 Å². The van der Waals surface area contributed by atoms with Crippen LogP contribution in [0.5, 0.6) is 0 Å². The lowest BCUT2D eigenvalue weighted by Crippen LogP contribution is -2.32. The zero-order valence-corrected chi connectivity index (χ0v) is 11.6. The molecule has 16 heavy (non-hydrogen) atoms. The molecule has 1 N–H and O–H groups in total. The van der Waals surface area contributed by atoms with Gasteiger partial charge < -0.3 is 10.1 Å². The van der Waals surface area contributed by atoms with Gasteiger partial charge in [0.2, 0.25) is 0 Å². The van der Waals surface area contributed by atoms with Gasteiger partial charge in [-0.05, 0) is 50.7 Å². The summed E-state index contributed by atoms with van der Waals surface area (Å²) in [4.78, 5) is 1.41. The number of aryl methyl sites for hydroxylation is 1. The molecule has 0 aromatic carbocycles. The van der Waals surface area contributed by atoms with Crippen LogP contribution in [0.3, 0.4) is 0 Å². The maximum Gasteiger partial charge on any atom is 0.0749 e. The molecular weight excluding hydrogens is 218 g/mol. The van der Waals surface area contributed by atoms with Crippen molar-refractivity contribution in [1.29, 1.82) is 0 Å². The predicted octanol–water partition coefficient (Wildman–Crippen LogP) is 3.52. The maximum absolute atomic E-state index is 5.72. The second-order valence-electron chi connectivity index (χ2n) is 4.06. The van der Waals surface area contributed by atoms with Gasteiger partial charge in [-0.1, -0.05) is 6.92 Å². The lowest BCUT2D eigenvalue weighted by Gasteiger charge is -2.25. The van der Waals surface area contributed by atoms with Crippen LogP contribution in [0.25, 0.3) is 0 Å². The first-order valence-corrected chi connectivity index (χ1v) is 6.97. The Morgan fingerprint density at radius 3 is 2.69 bits per heavy atom. The number of hydrogen-bond acceptors (Lipinski definition) is 3. The van der Waals surface area contributed by atoms with Crippen LogP contribution in [-0.2, 0) is 4.74 Å². The molecule has 2 unspecified atom stereocenters. The molecule has 0 radical (unpaired) electrons. The fourth-order valence-electron chi connectivity index (χ4n) is 1.83. The standard InChI is InChI=1S/C13H23NOS/c1-5-8-14-12(11(4)15-6-2)13-10(3)7-9-16-13/h7,9,11-12,14H,5-6,8H2,1-4H3. The Kier molecular flexibility index (Phi) is 6.03. The van der Waals surface area contributed by atoms with E-state index in [9.17, 15) is 0 Å². The maximum atomic E-state index is 5.72. The molecule has 0 amide bonds. The molecule has 1 heterocycles. The molecule has 92 valence electrons. The highest BCUT2D eigenvalue weighted by Gasteiger charge is 2.21. The van der Waals surface area contributed by atoms with Gasteiger partial charge >= 0.3 is 0 Å². The predicted molar refractivity (Wildman–Crippen MR) is 71.2 cm³/mol.